The second-order valence-electron chi connectivity index (χ2n) is 8.25. The zero-order valence-corrected chi connectivity index (χ0v) is 21.6. The number of amides is 1. The Kier molecular flexibility index (Phi) is 7.89. The first-order chi connectivity index (χ1) is 17.1. The zero-order valence-electron chi connectivity index (χ0n) is 20.0. The van der Waals surface area contributed by atoms with Gasteiger partial charge in [0.25, 0.3) is 10.0 Å². The van der Waals surface area contributed by atoms with Gasteiger partial charge < -0.3 is 5.32 Å². The molecule has 0 unspecified atom stereocenters. The third kappa shape index (κ3) is 7.01. The molecule has 3 rings (SSSR count). The van der Waals surface area contributed by atoms with Gasteiger partial charge in [0, 0.05) is 11.4 Å². The van der Waals surface area contributed by atoms with Crippen LogP contribution in [0.3, 0.4) is 0 Å². The van der Waals surface area contributed by atoms with E-state index in [0.717, 1.165) is 40.4 Å². The van der Waals surface area contributed by atoms with Crippen LogP contribution in [0.15, 0.2) is 71.6 Å². The number of aryl methyl sites for hydroxylation is 1. The van der Waals surface area contributed by atoms with Crippen molar-refractivity contribution in [3.8, 4) is 0 Å². The summed E-state index contributed by atoms with van der Waals surface area (Å²) in [5, 5.41) is 2.52. The highest BCUT2D eigenvalue weighted by Crippen LogP contribution is 2.31. The van der Waals surface area contributed by atoms with Gasteiger partial charge in [0.2, 0.25) is 15.9 Å². The smallest absolute Gasteiger partial charge is 0.325 e. The molecule has 8 nitrogen and oxygen atoms in total. The number of nitrogens with zero attached hydrogens (tertiary/aromatic N) is 1. The Bertz CT molecular complexity index is 1520. The van der Waals surface area contributed by atoms with Crippen LogP contribution in [-0.2, 0) is 31.0 Å². The highest BCUT2D eigenvalue weighted by molar-refractivity contribution is 7.92. The molecular formula is C24H24F3N3O5S2. The monoisotopic (exact) mass is 555 g/mol. The van der Waals surface area contributed by atoms with Gasteiger partial charge >= 0.3 is 6.18 Å². The lowest BCUT2D eigenvalue weighted by Gasteiger charge is -2.24. The number of carbonyl (C=O) groups excluding carboxylic acids is 1. The maximum atomic E-state index is 12.9. The van der Waals surface area contributed by atoms with E-state index in [2.05, 4.69) is 10.0 Å². The number of alkyl halides is 3. The topological polar surface area (TPSA) is 113 Å². The van der Waals surface area contributed by atoms with Crippen LogP contribution in [0.1, 0.15) is 16.7 Å². The van der Waals surface area contributed by atoms with E-state index in [1.807, 2.05) is 13.0 Å². The number of hydrogen-bond donors (Lipinski definition) is 2. The van der Waals surface area contributed by atoms with Crippen LogP contribution in [0.4, 0.5) is 30.2 Å². The Morgan fingerprint density at radius 2 is 1.51 bits per heavy atom. The lowest BCUT2D eigenvalue weighted by atomic mass is 10.1. The number of sulfonamides is 2. The second-order valence-corrected chi connectivity index (χ2v) is 11.8. The number of nitrogens with one attached hydrogen (secondary N) is 2. The molecule has 0 saturated carbocycles. The Morgan fingerprint density at radius 1 is 0.892 bits per heavy atom. The summed E-state index contributed by atoms with van der Waals surface area (Å²) in [5.41, 5.74) is 0.831. The van der Waals surface area contributed by atoms with Crippen molar-refractivity contribution in [2.24, 2.45) is 0 Å². The average Bonchev–Trinajstić information content (AvgIpc) is 2.78. The number of benzene rings is 3. The maximum Gasteiger partial charge on any atom is 0.416 e. The van der Waals surface area contributed by atoms with E-state index in [1.165, 1.54) is 18.2 Å². The van der Waals surface area contributed by atoms with Crippen LogP contribution in [0.5, 0.6) is 0 Å². The lowest BCUT2D eigenvalue weighted by molar-refractivity contribution is -0.137. The van der Waals surface area contributed by atoms with Crippen molar-refractivity contribution in [1.29, 1.82) is 0 Å². The molecule has 0 bridgehead atoms. The van der Waals surface area contributed by atoms with Gasteiger partial charge in [-0.2, -0.15) is 13.2 Å². The first kappa shape index (κ1) is 28.0. The fraction of sp³-hybridized carbons (Fsp3) is 0.208. The van der Waals surface area contributed by atoms with Gasteiger partial charge in [-0.3, -0.25) is 13.8 Å². The summed E-state index contributed by atoms with van der Waals surface area (Å²) >= 11 is 0. The summed E-state index contributed by atoms with van der Waals surface area (Å²) in [6, 6.07) is 13.7. The third-order valence-electron chi connectivity index (χ3n) is 5.42. The minimum absolute atomic E-state index is 0.192. The summed E-state index contributed by atoms with van der Waals surface area (Å²) in [5.74, 6) is -0.663. The number of carbonyl (C=O) groups is 1. The number of rotatable bonds is 8. The van der Waals surface area contributed by atoms with Gasteiger partial charge in [-0.15, -0.1) is 0 Å². The lowest BCUT2D eigenvalue weighted by Crippen LogP contribution is -2.38. The van der Waals surface area contributed by atoms with Crippen molar-refractivity contribution < 1.29 is 34.8 Å². The summed E-state index contributed by atoms with van der Waals surface area (Å²) in [6.45, 7) is 3.05. The van der Waals surface area contributed by atoms with Gasteiger partial charge in [-0.05, 0) is 73.5 Å². The Morgan fingerprint density at radius 3 is 2.11 bits per heavy atom. The van der Waals surface area contributed by atoms with Crippen molar-refractivity contribution in [1.82, 2.24) is 0 Å². The highest BCUT2D eigenvalue weighted by Gasteiger charge is 2.31. The molecule has 2 N–H and O–H groups in total. The van der Waals surface area contributed by atoms with E-state index in [4.69, 9.17) is 0 Å². The number of halogens is 3. The largest absolute Gasteiger partial charge is 0.416 e. The van der Waals surface area contributed by atoms with Crippen LogP contribution in [0.2, 0.25) is 0 Å². The maximum absolute atomic E-state index is 12.9. The van der Waals surface area contributed by atoms with Crippen LogP contribution in [0, 0.1) is 13.8 Å². The normalized spacial score (nSPS) is 12.2. The Hall–Kier alpha value is -3.58. The SMILES string of the molecule is Cc1cccc(N(CC(=O)Nc2ccc(S(=O)(=O)Nc3cccc(C(F)(F)F)c3)cc2)S(C)(=O)=O)c1C. The average molecular weight is 556 g/mol. The number of anilines is 3. The van der Waals surface area contributed by atoms with Crippen molar-refractivity contribution in [3.63, 3.8) is 0 Å². The predicted octanol–water partition coefficient (Wildman–Crippen LogP) is 4.53. The molecule has 13 heteroatoms. The molecule has 0 saturated heterocycles. The molecule has 37 heavy (non-hydrogen) atoms. The molecule has 0 spiro atoms. The fourth-order valence-electron chi connectivity index (χ4n) is 3.41. The van der Waals surface area contributed by atoms with Crippen LogP contribution < -0.4 is 14.3 Å². The first-order valence-corrected chi connectivity index (χ1v) is 14.0. The van der Waals surface area contributed by atoms with Gasteiger partial charge in [-0.1, -0.05) is 18.2 Å². The number of hydrogen-bond acceptors (Lipinski definition) is 5. The van der Waals surface area contributed by atoms with E-state index in [-0.39, 0.29) is 16.3 Å². The zero-order chi connectivity index (χ0) is 27.6. The Labute approximate surface area is 213 Å². The van der Waals surface area contributed by atoms with Crippen molar-refractivity contribution in [2.75, 3.05) is 27.1 Å². The molecule has 0 radical (unpaired) electrons. The van der Waals surface area contributed by atoms with Gasteiger partial charge in [0.1, 0.15) is 6.54 Å². The molecule has 0 aliphatic rings. The van der Waals surface area contributed by atoms with Crippen LogP contribution >= 0.6 is 0 Å². The van der Waals surface area contributed by atoms with Gasteiger partial charge in [-0.25, -0.2) is 16.8 Å². The molecular weight excluding hydrogens is 531 g/mol. The van der Waals surface area contributed by atoms with Crippen molar-refractivity contribution in [3.05, 3.63) is 83.4 Å². The predicted molar refractivity (Wildman–Crippen MR) is 135 cm³/mol. The summed E-state index contributed by atoms with van der Waals surface area (Å²) in [7, 11) is -8.02. The molecule has 3 aromatic rings. The summed E-state index contributed by atoms with van der Waals surface area (Å²) < 4.78 is 91.8. The fourth-order valence-corrected chi connectivity index (χ4v) is 5.36. The van der Waals surface area contributed by atoms with Crippen LogP contribution in [-0.4, -0.2) is 35.5 Å². The highest BCUT2D eigenvalue weighted by atomic mass is 32.2. The van der Waals surface area contributed by atoms with Crippen molar-refractivity contribution >= 4 is 43.0 Å². The van der Waals surface area contributed by atoms with E-state index < -0.39 is 44.2 Å². The molecule has 1 amide bonds. The standard InChI is InChI=1S/C24H24F3N3O5S2/c1-16-6-4-9-22(17(16)2)30(36(3,32)33)15-23(31)28-19-10-12-21(13-11-19)37(34,35)29-20-8-5-7-18(14-20)24(25,26)27/h4-14,29H,15H2,1-3H3,(H,28,31). The molecule has 0 fully saturated rings. The quantitative estimate of drug-likeness (QED) is 0.424. The van der Waals surface area contributed by atoms with E-state index >= 15 is 0 Å². The van der Waals surface area contributed by atoms with Crippen molar-refractivity contribution in [2.45, 2.75) is 24.9 Å². The summed E-state index contributed by atoms with van der Waals surface area (Å²) in [6.07, 6.45) is -3.65. The van der Waals surface area contributed by atoms with E-state index in [9.17, 15) is 34.8 Å². The van der Waals surface area contributed by atoms with Gasteiger partial charge in [0.15, 0.2) is 0 Å². The molecule has 0 aliphatic heterocycles. The second kappa shape index (κ2) is 10.4. The molecule has 0 aliphatic carbocycles. The first-order valence-electron chi connectivity index (χ1n) is 10.7. The van der Waals surface area contributed by atoms with E-state index in [0.29, 0.717) is 17.3 Å². The third-order valence-corrected chi connectivity index (χ3v) is 7.95. The molecule has 0 aromatic heterocycles. The summed E-state index contributed by atoms with van der Waals surface area (Å²) in [4.78, 5) is 12.4. The van der Waals surface area contributed by atoms with E-state index in [1.54, 1.807) is 19.1 Å². The van der Waals surface area contributed by atoms with Crippen LogP contribution in [0.25, 0.3) is 0 Å². The Balaban J connectivity index is 1.74. The molecule has 198 valence electrons. The minimum Gasteiger partial charge on any atom is -0.325 e. The molecule has 3 aromatic carbocycles. The molecule has 0 heterocycles. The molecule has 0 atom stereocenters. The minimum atomic E-state index is -4.63. The van der Waals surface area contributed by atoms with Gasteiger partial charge in [0.05, 0.1) is 22.4 Å².